The van der Waals surface area contributed by atoms with Gasteiger partial charge in [0.25, 0.3) is 0 Å². The minimum atomic E-state index is 0.114. The molecule has 2 aliphatic carbocycles. The summed E-state index contributed by atoms with van der Waals surface area (Å²) in [5, 5.41) is 0. The Balaban J connectivity index is 1.79. The van der Waals surface area contributed by atoms with E-state index >= 15 is 0 Å². The molecular formula is C19H29NO. The first kappa shape index (κ1) is 14.9. The van der Waals surface area contributed by atoms with Crippen LogP contribution in [0.2, 0.25) is 0 Å². The molecule has 2 aliphatic rings. The van der Waals surface area contributed by atoms with Crippen LogP contribution in [0.25, 0.3) is 0 Å². The molecule has 21 heavy (non-hydrogen) atoms. The van der Waals surface area contributed by atoms with Crippen LogP contribution in [0.1, 0.15) is 58.4 Å². The fourth-order valence-electron chi connectivity index (χ4n) is 3.88. The second kappa shape index (κ2) is 5.64. The Labute approximate surface area is 129 Å². The van der Waals surface area contributed by atoms with E-state index in [9.17, 15) is 0 Å². The molecule has 0 heterocycles. The molecule has 3 atom stereocenters. The largest absolute Gasteiger partial charge is 0.490 e. The summed E-state index contributed by atoms with van der Waals surface area (Å²) in [5.74, 6) is 2.36. The molecule has 116 valence electrons. The summed E-state index contributed by atoms with van der Waals surface area (Å²) in [7, 11) is 0. The minimum absolute atomic E-state index is 0.114. The average Bonchev–Trinajstić information content (AvgIpc) is 3.22. The van der Waals surface area contributed by atoms with E-state index in [1.54, 1.807) is 0 Å². The monoisotopic (exact) mass is 287 g/mol. The molecule has 0 bridgehead atoms. The Morgan fingerprint density at radius 3 is 2.57 bits per heavy atom. The van der Waals surface area contributed by atoms with Crippen LogP contribution in [0.4, 0.5) is 0 Å². The van der Waals surface area contributed by atoms with Gasteiger partial charge in [-0.15, -0.1) is 0 Å². The van der Waals surface area contributed by atoms with E-state index in [0.717, 1.165) is 18.1 Å². The first-order valence-corrected chi connectivity index (χ1v) is 8.49. The third-order valence-corrected chi connectivity index (χ3v) is 5.49. The van der Waals surface area contributed by atoms with Crippen molar-refractivity contribution in [2.24, 2.45) is 17.6 Å². The van der Waals surface area contributed by atoms with Gasteiger partial charge in [-0.25, -0.2) is 0 Å². The van der Waals surface area contributed by atoms with Crippen LogP contribution >= 0.6 is 0 Å². The first-order valence-electron chi connectivity index (χ1n) is 8.49. The maximum Gasteiger partial charge on any atom is 0.120 e. The van der Waals surface area contributed by atoms with Crippen LogP contribution in [0.5, 0.6) is 5.75 Å². The smallest absolute Gasteiger partial charge is 0.120 e. The highest BCUT2D eigenvalue weighted by atomic mass is 16.5. The lowest BCUT2D eigenvalue weighted by Crippen LogP contribution is -2.45. The van der Waals surface area contributed by atoms with Crippen LogP contribution in [0.15, 0.2) is 24.3 Å². The van der Waals surface area contributed by atoms with E-state index < -0.39 is 0 Å². The molecule has 0 aliphatic heterocycles. The van der Waals surface area contributed by atoms with Gasteiger partial charge in [-0.3, -0.25) is 0 Å². The van der Waals surface area contributed by atoms with Crippen LogP contribution in [0.3, 0.4) is 0 Å². The summed E-state index contributed by atoms with van der Waals surface area (Å²) < 4.78 is 5.96. The highest BCUT2D eigenvalue weighted by molar-refractivity contribution is 5.34. The van der Waals surface area contributed by atoms with Crippen molar-refractivity contribution in [1.29, 1.82) is 0 Å². The normalized spacial score (nSPS) is 30.2. The standard InChI is InChI=1S/C19H29NO/c1-13-7-10-17(18(20)11-13)19(2,3)14-5-4-6-16(12-14)21-15-8-9-15/h4-6,12-13,15,17-18H,7-11,20H2,1-3H3. The van der Waals surface area contributed by atoms with Gasteiger partial charge in [0.1, 0.15) is 5.75 Å². The Morgan fingerprint density at radius 2 is 1.90 bits per heavy atom. The van der Waals surface area contributed by atoms with Crippen LogP contribution < -0.4 is 10.5 Å². The zero-order valence-corrected chi connectivity index (χ0v) is 13.6. The Hall–Kier alpha value is -1.02. The molecular weight excluding hydrogens is 258 g/mol. The third kappa shape index (κ3) is 3.26. The number of nitrogens with two attached hydrogens (primary N) is 1. The molecule has 1 aromatic rings. The van der Waals surface area contributed by atoms with Crippen molar-refractivity contribution in [2.75, 3.05) is 0 Å². The number of ether oxygens (including phenoxy) is 1. The van der Waals surface area contributed by atoms with Gasteiger partial charge in [0.2, 0.25) is 0 Å². The fourth-order valence-corrected chi connectivity index (χ4v) is 3.88. The van der Waals surface area contributed by atoms with E-state index in [-0.39, 0.29) is 5.41 Å². The van der Waals surface area contributed by atoms with Gasteiger partial charge in [0, 0.05) is 6.04 Å². The van der Waals surface area contributed by atoms with Crippen LogP contribution in [-0.2, 0) is 5.41 Å². The third-order valence-electron chi connectivity index (χ3n) is 5.49. The van der Waals surface area contributed by atoms with Crippen molar-refractivity contribution in [2.45, 2.75) is 70.4 Å². The number of benzene rings is 1. The molecule has 3 rings (SSSR count). The van der Waals surface area contributed by atoms with E-state index in [0.29, 0.717) is 18.1 Å². The molecule has 2 heteroatoms. The zero-order valence-electron chi connectivity index (χ0n) is 13.6. The number of hydrogen-bond acceptors (Lipinski definition) is 2. The lowest BCUT2D eigenvalue weighted by Gasteiger charge is -2.43. The van der Waals surface area contributed by atoms with E-state index in [2.05, 4.69) is 45.0 Å². The molecule has 2 fully saturated rings. The SMILES string of the molecule is CC1CCC(C(C)(C)c2cccc(OC3CC3)c2)C(N)C1. The van der Waals surface area contributed by atoms with Crippen molar-refractivity contribution in [3.8, 4) is 5.75 Å². The second-order valence-electron chi connectivity index (χ2n) is 7.76. The number of hydrogen-bond donors (Lipinski definition) is 1. The predicted molar refractivity (Wildman–Crippen MR) is 87.6 cm³/mol. The molecule has 0 amide bonds. The molecule has 0 saturated heterocycles. The van der Waals surface area contributed by atoms with Gasteiger partial charge < -0.3 is 10.5 Å². The molecule has 0 aromatic heterocycles. The average molecular weight is 287 g/mol. The molecule has 1 aromatic carbocycles. The highest BCUT2D eigenvalue weighted by Gasteiger charge is 2.38. The Morgan fingerprint density at radius 1 is 1.14 bits per heavy atom. The lowest BCUT2D eigenvalue weighted by molar-refractivity contribution is 0.170. The summed E-state index contributed by atoms with van der Waals surface area (Å²) in [6, 6.07) is 9.01. The quantitative estimate of drug-likeness (QED) is 0.897. The minimum Gasteiger partial charge on any atom is -0.490 e. The van der Waals surface area contributed by atoms with Crippen molar-refractivity contribution in [1.82, 2.24) is 0 Å². The maximum absolute atomic E-state index is 6.49. The molecule has 2 nitrogen and oxygen atoms in total. The predicted octanol–water partition coefficient (Wildman–Crippen LogP) is 4.27. The summed E-state index contributed by atoms with van der Waals surface area (Å²) in [4.78, 5) is 0. The van der Waals surface area contributed by atoms with E-state index in [1.807, 2.05) is 0 Å². The lowest BCUT2D eigenvalue weighted by atomic mass is 9.64. The summed E-state index contributed by atoms with van der Waals surface area (Å²) in [5.41, 5.74) is 7.97. The van der Waals surface area contributed by atoms with Crippen LogP contribution in [-0.4, -0.2) is 12.1 Å². The molecule has 3 unspecified atom stereocenters. The van der Waals surface area contributed by atoms with Gasteiger partial charge in [-0.2, -0.15) is 0 Å². The van der Waals surface area contributed by atoms with Crippen molar-refractivity contribution >= 4 is 0 Å². The molecule has 2 saturated carbocycles. The number of rotatable bonds is 4. The van der Waals surface area contributed by atoms with E-state index in [1.165, 1.54) is 31.2 Å². The zero-order chi connectivity index (χ0) is 15.0. The maximum atomic E-state index is 6.49. The van der Waals surface area contributed by atoms with Gasteiger partial charge in [-0.1, -0.05) is 39.3 Å². The van der Waals surface area contributed by atoms with Crippen molar-refractivity contribution in [3.05, 3.63) is 29.8 Å². The first-order chi connectivity index (χ1) is 9.96. The van der Waals surface area contributed by atoms with Gasteiger partial charge >= 0.3 is 0 Å². The van der Waals surface area contributed by atoms with Crippen molar-refractivity contribution in [3.63, 3.8) is 0 Å². The second-order valence-corrected chi connectivity index (χ2v) is 7.76. The summed E-state index contributed by atoms with van der Waals surface area (Å²) in [6.45, 7) is 7.03. The molecule has 0 radical (unpaired) electrons. The topological polar surface area (TPSA) is 35.2 Å². The Bertz CT molecular complexity index is 492. The summed E-state index contributed by atoms with van der Waals surface area (Å²) >= 11 is 0. The van der Waals surface area contributed by atoms with Gasteiger partial charge in [0.05, 0.1) is 6.10 Å². The molecule has 2 N–H and O–H groups in total. The molecule has 0 spiro atoms. The van der Waals surface area contributed by atoms with Crippen molar-refractivity contribution < 1.29 is 4.74 Å². The van der Waals surface area contributed by atoms with E-state index in [4.69, 9.17) is 10.5 Å². The van der Waals surface area contributed by atoms with Gasteiger partial charge in [0.15, 0.2) is 0 Å². The summed E-state index contributed by atoms with van der Waals surface area (Å²) in [6.07, 6.45) is 6.58. The van der Waals surface area contributed by atoms with Crippen LogP contribution in [0, 0.1) is 11.8 Å². The van der Waals surface area contributed by atoms with Gasteiger partial charge in [-0.05, 0) is 60.6 Å². The fraction of sp³-hybridized carbons (Fsp3) is 0.684. The highest BCUT2D eigenvalue weighted by Crippen LogP contribution is 2.42. The Kier molecular flexibility index (Phi) is 4.00.